The van der Waals surface area contributed by atoms with Crippen LogP contribution in [-0.2, 0) is 14.6 Å². The number of piperidine rings is 1. The van der Waals surface area contributed by atoms with Crippen LogP contribution >= 0.6 is 0 Å². The molecule has 1 saturated carbocycles. The van der Waals surface area contributed by atoms with Crippen molar-refractivity contribution in [3.63, 3.8) is 0 Å². The van der Waals surface area contributed by atoms with Crippen molar-refractivity contribution >= 4 is 15.7 Å². The van der Waals surface area contributed by atoms with Crippen LogP contribution in [0.4, 0.5) is 0 Å². The molecule has 2 fully saturated rings. The van der Waals surface area contributed by atoms with Gasteiger partial charge in [-0.1, -0.05) is 12.8 Å². The van der Waals surface area contributed by atoms with E-state index in [-0.39, 0.29) is 11.9 Å². The van der Waals surface area contributed by atoms with Gasteiger partial charge in [0, 0.05) is 12.3 Å². The molecule has 0 radical (unpaired) electrons. The Kier molecular flexibility index (Phi) is 3.96. The van der Waals surface area contributed by atoms with Crippen molar-refractivity contribution in [3.05, 3.63) is 0 Å². The van der Waals surface area contributed by atoms with Crippen LogP contribution in [0.25, 0.3) is 0 Å². The Bertz CT molecular complexity index is 407. The summed E-state index contributed by atoms with van der Waals surface area (Å²) in [5.41, 5.74) is 0. The molecule has 0 aromatic rings. The van der Waals surface area contributed by atoms with Crippen LogP contribution in [0.5, 0.6) is 0 Å². The summed E-state index contributed by atoms with van der Waals surface area (Å²) in [6.45, 7) is 1.18. The van der Waals surface area contributed by atoms with Crippen molar-refractivity contribution in [1.29, 1.82) is 0 Å². The first-order chi connectivity index (χ1) is 8.46. The highest BCUT2D eigenvalue weighted by molar-refractivity contribution is 7.92. The molecule has 0 aromatic heterocycles. The summed E-state index contributed by atoms with van der Waals surface area (Å²) in [6.07, 6.45) is 6.14. The highest BCUT2D eigenvalue weighted by atomic mass is 32.2. The second-order valence-corrected chi connectivity index (χ2v) is 7.80. The molecule has 2 N–H and O–H groups in total. The third kappa shape index (κ3) is 2.54. The molecule has 0 unspecified atom stereocenters. The molecule has 1 amide bonds. The summed E-state index contributed by atoms with van der Waals surface area (Å²) in [5.74, 6) is -0.279. The van der Waals surface area contributed by atoms with Crippen LogP contribution in [0.15, 0.2) is 0 Å². The molecule has 6 heteroatoms. The smallest absolute Gasteiger partial charge is 0.241 e. The Morgan fingerprint density at radius 2 is 1.78 bits per heavy atom. The monoisotopic (exact) mass is 274 g/mol. The zero-order valence-corrected chi connectivity index (χ0v) is 11.7. The lowest BCUT2D eigenvalue weighted by Gasteiger charge is -2.35. The van der Waals surface area contributed by atoms with Crippen molar-refractivity contribution in [1.82, 2.24) is 10.6 Å². The van der Waals surface area contributed by atoms with Gasteiger partial charge in [0.15, 0.2) is 14.6 Å². The molecule has 1 aliphatic carbocycles. The van der Waals surface area contributed by atoms with Gasteiger partial charge in [0.1, 0.15) is 0 Å². The predicted octanol–water partition coefficient (Wildman–Crippen LogP) is 0.212. The molecule has 2 rings (SSSR count). The number of hydrogen-bond acceptors (Lipinski definition) is 4. The van der Waals surface area contributed by atoms with Crippen LogP contribution < -0.4 is 10.6 Å². The largest absolute Gasteiger partial charge is 0.352 e. The van der Waals surface area contributed by atoms with Gasteiger partial charge in [-0.15, -0.1) is 0 Å². The van der Waals surface area contributed by atoms with Crippen molar-refractivity contribution in [2.24, 2.45) is 0 Å². The summed E-state index contributed by atoms with van der Waals surface area (Å²) in [6, 6.07) is 0.172. The average Bonchev–Trinajstić information content (AvgIpc) is 2.81. The number of sulfone groups is 1. The van der Waals surface area contributed by atoms with Gasteiger partial charge in [-0.3, -0.25) is 4.79 Å². The van der Waals surface area contributed by atoms with E-state index in [2.05, 4.69) is 10.6 Å². The fraction of sp³-hybridized carbons (Fsp3) is 0.917. The summed E-state index contributed by atoms with van der Waals surface area (Å²) < 4.78 is 22.9. The molecule has 0 bridgehead atoms. The normalized spacial score (nSPS) is 24.9. The Labute approximate surface area is 109 Å². The lowest BCUT2D eigenvalue weighted by molar-refractivity contribution is -0.125. The van der Waals surface area contributed by atoms with Gasteiger partial charge in [0.05, 0.1) is 0 Å². The Morgan fingerprint density at radius 1 is 1.22 bits per heavy atom. The summed E-state index contributed by atoms with van der Waals surface area (Å²) >= 11 is 0. The van der Waals surface area contributed by atoms with Gasteiger partial charge in [-0.05, 0) is 38.8 Å². The second-order valence-electron chi connectivity index (χ2n) is 5.47. The fourth-order valence-electron chi connectivity index (χ4n) is 2.98. The molecule has 2 aliphatic rings. The van der Waals surface area contributed by atoms with Gasteiger partial charge in [-0.25, -0.2) is 8.42 Å². The Morgan fingerprint density at radius 3 is 2.28 bits per heavy atom. The molecule has 1 aliphatic heterocycles. The van der Waals surface area contributed by atoms with Crippen LogP contribution in [0, 0.1) is 0 Å². The van der Waals surface area contributed by atoms with Crippen molar-refractivity contribution < 1.29 is 13.2 Å². The van der Waals surface area contributed by atoms with Crippen LogP contribution in [-0.4, -0.2) is 44.5 Å². The molecule has 18 heavy (non-hydrogen) atoms. The minimum Gasteiger partial charge on any atom is -0.352 e. The van der Waals surface area contributed by atoms with E-state index in [1.54, 1.807) is 0 Å². The molecule has 0 aromatic carbocycles. The van der Waals surface area contributed by atoms with E-state index < -0.39 is 14.6 Å². The van der Waals surface area contributed by atoms with Crippen molar-refractivity contribution in [3.8, 4) is 0 Å². The molecule has 5 nitrogen and oxygen atoms in total. The summed E-state index contributed by atoms with van der Waals surface area (Å²) in [5, 5.41) is 6.07. The van der Waals surface area contributed by atoms with E-state index in [9.17, 15) is 13.2 Å². The minimum atomic E-state index is -3.38. The van der Waals surface area contributed by atoms with Gasteiger partial charge >= 0.3 is 0 Å². The van der Waals surface area contributed by atoms with E-state index in [0.717, 1.165) is 25.7 Å². The minimum absolute atomic E-state index is 0.172. The second kappa shape index (κ2) is 5.17. The number of carbonyl (C=O) groups excluding carboxylic acids is 1. The third-order valence-electron chi connectivity index (χ3n) is 4.23. The zero-order chi connectivity index (χ0) is 13.2. The maximum atomic E-state index is 12.4. The highest BCUT2D eigenvalue weighted by Gasteiger charge is 2.49. The summed E-state index contributed by atoms with van der Waals surface area (Å²) in [7, 11) is -3.38. The first-order valence-corrected chi connectivity index (χ1v) is 8.56. The lowest BCUT2D eigenvalue weighted by Crippen LogP contribution is -2.58. The standard InChI is InChI=1S/C12H22N2O3S/c1-18(16,17)12(6-8-13-9-7-12)11(15)14-10-4-2-3-5-10/h10,13H,2-9H2,1H3,(H,14,15). The van der Waals surface area contributed by atoms with E-state index in [1.165, 1.54) is 6.26 Å². The average molecular weight is 274 g/mol. The number of nitrogens with one attached hydrogen (secondary N) is 2. The molecule has 104 valence electrons. The Balaban J connectivity index is 2.15. The quantitative estimate of drug-likeness (QED) is 0.771. The lowest BCUT2D eigenvalue weighted by atomic mass is 9.95. The SMILES string of the molecule is CS(=O)(=O)C1(C(=O)NC2CCCC2)CCNCC1. The van der Waals surface area contributed by atoms with Crippen LogP contribution in [0.1, 0.15) is 38.5 Å². The number of amides is 1. The maximum absolute atomic E-state index is 12.4. The molecular formula is C12H22N2O3S. The van der Waals surface area contributed by atoms with Gasteiger partial charge < -0.3 is 10.6 Å². The fourth-order valence-corrected chi connectivity index (χ4v) is 4.33. The van der Waals surface area contributed by atoms with Crippen LogP contribution in [0.2, 0.25) is 0 Å². The highest BCUT2D eigenvalue weighted by Crippen LogP contribution is 2.29. The first-order valence-electron chi connectivity index (χ1n) is 6.67. The van der Waals surface area contributed by atoms with Crippen LogP contribution in [0.3, 0.4) is 0 Å². The Hall–Kier alpha value is -0.620. The zero-order valence-electron chi connectivity index (χ0n) is 10.9. The molecule has 0 atom stereocenters. The molecule has 1 saturated heterocycles. The maximum Gasteiger partial charge on any atom is 0.241 e. The number of carbonyl (C=O) groups is 1. The van der Waals surface area contributed by atoms with Gasteiger partial charge in [0.2, 0.25) is 5.91 Å². The molecule has 0 spiro atoms. The van der Waals surface area contributed by atoms with E-state index in [0.29, 0.717) is 25.9 Å². The predicted molar refractivity (Wildman–Crippen MR) is 70.1 cm³/mol. The van der Waals surface area contributed by atoms with E-state index >= 15 is 0 Å². The van der Waals surface area contributed by atoms with Gasteiger partial charge in [-0.2, -0.15) is 0 Å². The first kappa shape index (κ1) is 13.8. The third-order valence-corrected chi connectivity index (χ3v) is 6.24. The molecular weight excluding hydrogens is 252 g/mol. The van der Waals surface area contributed by atoms with Crippen molar-refractivity contribution in [2.45, 2.75) is 49.3 Å². The molecule has 1 heterocycles. The topological polar surface area (TPSA) is 75.3 Å². The van der Waals surface area contributed by atoms with E-state index in [4.69, 9.17) is 0 Å². The van der Waals surface area contributed by atoms with E-state index in [1.807, 2.05) is 0 Å². The van der Waals surface area contributed by atoms with Gasteiger partial charge in [0.25, 0.3) is 0 Å². The summed E-state index contributed by atoms with van der Waals surface area (Å²) in [4.78, 5) is 12.4. The number of hydrogen-bond donors (Lipinski definition) is 2. The number of rotatable bonds is 3. The van der Waals surface area contributed by atoms with Crippen molar-refractivity contribution in [2.75, 3.05) is 19.3 Å².